The number of amides is 1. The van der Waals surface area contributed by atoms with Crippen LogP contribution in [0.2, 0.25) is 0 Å². The zero-order chi connectivity index (χ0) is 15.4. The quantitative estimate of drug-likeness (QED) is 0.856. The van der Waals surface area contributed by atoms with Gasteiger partial charge in [0.1, 0.15) is 5.82 Å². The summed E-state index contributed by atoms with van der Waals surface area (Å²) in [5.74, 6) is -2.58. The first kappa shape index (κ1) is 15.4. The fourth-order valence-corrected chi connectivity index (χ4v) is 2.48. The molecule has 1 N–H and O–H groups in total. The molecule has 1 atom stereocenters. The Bertz CT molecular complexity index is 646. The summed E-state index contributed by atoms with van der Waals surface area (Å²) in [5.41, 5.74) is 0.471. The van der Waals surface area contributed by atoms with Gasteiger partial charge in [0, 0.05) is 10.6 Å². The molecule has 0 saturated heterocycles. The second-order valence-electron chi connectivity index (χ2n) is 4.33. The van der Waals surface area contributed by atoms with Gasteiger partial charge < -0.3 is 5.32 Å². The molecule has 21 heavy (non-hydrogen) atoms. The highest BCUT2D eigenvalue weighted by Gasteiger charge is 2.15. The molecule has 2 rings (SSSR count). The molecule has 2 aromatic rings. The van der Waals surface area contributed by atoms with E-state index in [-0.39, 0.29) is 5.91 Å². The zero-order valence-corrected chi connectivity index (χ0v) is 11.9. The van der Waals surface area contributed by atoms with Crippen LogP contribution in [0.1, 0.15) is 6.92 Å². The number of hydrogen-bond acceptors (Lipinski definition) is 2. The number of halogens is 3. The highest BCUT2D eigenvalue weighted by atomic mass is 32.2. The lowest BCUT2D eigenvalue weighted by Crippen LogP contribution is -2.22. The van der Waals surface area contributed by atoms with Crippen LogP contribution in [0.3, 0.4) is 0 Å². The van der Waals surface area contributed by atoms with Gasteiger partial charge >= 0.3 is 0 Å². The lowest BCUT2D eigenvalue weighted by Gasteiger charge is -2.12. The number of rotatable bonds is 4. The molecule has 0 radical (unpaired) electrons. The van der Waals surface area contributed by atoms with Crippen molar-refractivity contribution in [2.75, 3.05) is 5.32 Å². The maximum atomic E-state index is 13.1. The molecule has 0 spiro atoms. The summed E-state index contributed by atoms with van der Waals surface area (Å²) in [4.78, 5) is 12.4. The van der Waals surface area contributed by atoms with Gasteiger partial charge in [-0.1, -0.05) is 0 Å². The lowest BCUT2D eigenvalue weighted by molar-refractivity contribution is -0.115. The smallest absolute Gasteiger partial charge is 0.237 e. The third kappa shape index (κ3) is 4.26. The highest BCUT2D eigenvalue weighted by Crippen LogP contribution is 2.25. The van der Waals surface area contributed by atoms with E-state index in [1.165, 1.54) is 30.3 Å². The maximum Gasteiger partial charge on any atom is 0.237 e. The average molecular weight is 311 g/mol. The van der Waals surface area contributed by atoms with E-state index in [0.717, 1.165) is 23.9 Å². The normalized spacial score (nSPS) is 12.0. The lowest BCUT2D eigenvalue weighted by atomic mass is 10.3. The molecular formula is C15H12F3NOS. The average Bonchev–Trinajstić information content (AvgIpc) is 2.45. The van der Waals surface area contributed by atoms with Crippen molar-refractivity contribution in [1.82, 2.24) is 0 Å². The predicted molar refractivity (Wildman–Crippen MR) is 76.7 cm³/mol. The van der Waals surface area contributed by atoms with Crippen LogP contribution in [0.25, 0.3) is 0 Å². The first-order valence-electron chi connectivity index (χ1n) is 6.14. The Morgan fingerprint density at radius 1 is 1.05 bits per heavy atom. The van der Waals surface area contributed by atoms with Crippen molar-refractivity contribution in [2.24, 2.45) is 0 Å². The van der Waals surface area contributed by atoms with E-state index in [1.54, 1.807) is 6.92 Å². The Morgan fingerprint density at radius 2 is 1.71 bits per heavy atom. The van der Waals surface area contributed by atoms with Gasteiger partial charge in [0.05, 0.1) is 5.25 Å². The van der Waals surface area contributed by atoms with Crippen molar-refractivity contribution in [2.45, 2.75) is 17.1 Å². The van der Waals surface area contributed by atoms with Crippen LogP contribution in [0, 0.1) is 17.5 Å². The first-order valence-corrected chi connectivity index (χ1v) is 7.02. The van der Waals surface area contributed by atoms with Gasteiger partial charge in [-0.2, -0.15) is 0 Å². The van der Waals surface area contributed by atoms with Crippen molar-refractivity contribution in [3.05, 3.63) is 59.9 Å². The number of anilines is 1. The molecular weight excluding hydrogens is 299 g/mol. The monoisotopic (exact) mass is 311 g/mol. The fourth-order valence-electron chi connectivity index (χ4n) is 1.58. The third-order valence-electron chi connectivity index (χ3n) is 2.68. The molecule has 1 amide bonds. The second kappa shape index (κ2) is 6.67. The van der Waals surface area contributed by atoms with Gasteiger partial charge in [0.25, 0.3) is 0 Å². The van der Waals surface area contributed by atoms with Gasteiger partial charge in [-0.25, -0.2) is 13.2 Å². The molecule has 0 aliphatic carbocycles. The predicted octanol–water partition coefficient (Wildman–Crippen LogP) is 4.22. The molecule has 0 unspecified atom stereocenters. The first-order chi connectivity index (χ1) is 9.95. The van der Waals surface area contributed by atoms with Crippen LogP contribution >= 0.6 is 11.8 Å². The molecule has 2 aromatic carbocycles. The van der Waals surface area contributed by atoms with Crippen LogP contribution in [-0.4, -0.2) is 11.2 Å². The van der Waals surface area contributed by atoms with Gasteiger partial charge in [0.15, 0.2) is 11.6 Å². The van der Waals surface area contributed by atoms with Gasteiger partial charge in [0.2, 0.25) is 5.91 Å². The summed E-state index contributed by atoms with van der Waals surface area (Å²) in [6.07, 6.45) is 0. The minimum Gasteiger partial charge on any atom is -0.325 e. The molecule has 0 aliphatic rings. The molecule has 0 aromatic heterocycles. The van der Waals surface area contributed by atoms with Gasteiger partial charge in [-0.15, -0.1) is 11.8 Å². The third-order valence-corrected chi connectivity index (χ3v) is 3.78. The molecule has 0 heterocycles. The van der Waals surface area contributed by atoms with E-state index < -0.39 is 22.7 Å². The van der Waals surface area contributed by atoms with Crippen LogP contribution in [0.15, 0.2) is 47.4 Å². The second-order valence-corrected chi connectivity index (χ2v) is 5.75. The summed E-state index contributed by atoms with van der Waals surface area (Å²) < 4.78 is 38.7. The Balaban J connectivity index is 1.98. The Kier molecular flexibility index (Phi) is 4.90. The highest BCUT2D eigenvalue weighted by molar-refractivity contribution is 8.00. The number of thioether (sulfide) groups is 1. The molecule has 0 aliphatic heterocycles. The number of carbonyl (C=O) groups is 1. The number of benzene rings is 2. The maximum absolute atomic E-state index is 13.1. The molecule has 6 heteroatoms. The van der Waals surface area contributed by atoms with E-state index >= 15 is 0 Å². The van der Waals surface area contributed by atoms with Gasteiger partial charge in [-0.3, -0.25) is 4.79 Å². The minimum absolute atomic E-state index is 0.309. The van der Waals surface area contributed by atoms with Crippen LogP contribution in [0.5, 0.6) is 0 Å². The van der Waals surface area contributed by atoms with Crippen LogP contribution in [0.4, 0.5) is 18.9 Å². The van der Waals surface area contributed by atoms with E-state index in [0.29, 0.717) is 10.6 Å². The fraction of sp³-hybridized carbons (Fsp3) is 0.133. The Labute approximate surface area is 124 Å². The zero-order valence-electron chi connectivity index (χ0n) is 11.1. The van der Waals surface area contributed by atoms with E-state index in [1.807, 2.05) is 0 Å². The van der Waals surface area contributed by atoms with Crippen molar-refractivity contribution in [1.29, 1.82) is 0 Å². The molecule has 2 nitrogen and oxygen atoms in total. The standard InChI is InChI=1S/C15H12F3NOS/c1-9(21-12-6-7-13(17)14(18)8-12)15(20)19-11-4-2-10(16)3-5-11/h2-9H,1H3,(H,19,20)/t9-/m1/s1. The van der Waals surface area contributed by atoms with Crippen molar-refractivity contribution >= 4 is 23.4 Å². The van der Waals surface area contributed by atoms with Crippen molar-refractivity contribution in [3.8, 4) is 0 Å². The number of hydrogen-bond donors (Lipinski definition) is 1. The number of nitrogens with one attached hydrogen (secondary N) is 1. The van der Waals surface area contributed by atoms with Crippen LogP contribution in [-0.2, 0) is 4.79 Å². The summed E-state index contributed by atoms with van der Waals surface area (Å²) >= 11 is 1.10. The minimum atomic E-state index is -0.953. The Morgan fingerprint density at radius 3 is 2.33 bits per heavy atom. The summed E-state index contributed by atoms with van der Waals surface area (Å²) in [6, 6.07) is 8.84. The molecule has 110 valence electrons. The van der Waals surface area contributed by atoms with E-state index in [4.69, 9.17) is 0 Å². The number of carbonyl (C=O) groups excluding carboxylic acids is 1. The largest absolute Gasteiger partial charge is 0.325 e. The van der Waals surface area contributed by atoms with Crippen LogP contribution < -0.4 is 5.32 Å². The summed E-state index contributed by atoms with van der Waals surface area (Å²) in [7, 11) is 0. The summed E-state index contributed by atoms with van der Waals surface area (Å²) in [5, 5.41) is 2.11. The van der Waals surface area contributed by atoms with E-state index in [9.17, 15) is 18.0 Å². The molecule has 0 saturated carbocycles. The van der Waals surface area contributed by atoms with Crippen molar-refractivity contribution in [3.63, 3.8) is 0 Å². The molecule has 0 bridgehead atoms. The topological polar surface area (TPSA) is 29.1 Å². The molecule has 0 fully saturated rings. The summed E-state index contributed by atoms with van der Waals surface area (Å²) in [6.45, 7) is 1.64. The SMILES string of the molecule is C[C@@H](Sc1ccc(F)c(F)c1)C(=O)Nc1ccc(F)cc1. The van der Waals surface area contributed by atoms with Gasteiger partial charge in [-0.05, 0) is 49.4 Å². The van der Waals surface area contributed by atoms with E-state index in [2.05, 4.69) is 5.32 Å². The van der Waals surface area contributed by atoms with Crippen molar-refractivity contribution < 1.29 is 18.0 Å². The Hall–Kier alpha value is -1.95.